The van der Waals surface area contributed by atoms with Crippen LogP contribution in [0.1, 0.15) is 11.3 Å². The molecule has 0 aliphatic carbocycles. The van der Waals surface area contributed by atoms with Crippen LogP contribution in [0.2, 0.25) is 5.02 Å². The highest BCUT2D eigenvalue weighted by Crippen LogP contribution is 2.39. The fourth-order valence-corrected chi connectivity index (χ4v) is 2.06. The molecule has 2 rings (SSSR count). The Labute approximate surface area is 120 Å². The van der Waals surface area contributed by atoms with Crippen molar-refractivity contribution in [1.82, 2.24) is 4.98 Å². The van der Waals surface area contributed by atoms with E-state index in [1.54, 1.807) is 0 Å². The molecule has 1 aromatic heterocycles. The Bertz CT molecular complexity index is 662. The largest absolute Gasteiger partial charge is 0.434 e. The van der Waals surface area contributed by atoms with Gasteiger partial charge in [-0.3, -0.25) is 4.98 Å². The van der Waals surface area contributed by atoms with Crippen LogP contribution < -0.4 is 0 Å². The molecule has 0 unspecified atom stereocenters. The number of alkyl halides is 6. The normalized spacial score (nSPS) is 12.5. The fraction of sp³-hybridized carbons (Fsp3) is 0.154. The van der Waals surface area contributed by atoms with E-state index in [1.165, 1.54) is 6.07 Å². The second-order valence-electron chi connectivity index (χ2n) is 4.10. The van der Waals surface area contributed by atoms with Gasteiger partial charge in [0.05, 0.1) is 10.6 Å². The number of halogens is 7. The molecule has 1 aromatic carbocycles. The monoisotopic (exact) mass is 325 g/mol. The van der Waals surface area contributed by atoms with Gasteiger partial charge in [0.2, 0.25) is 0 Å². The molecule has 0 saturated carbocycles. The number of rotatable bonds is 1. The molecule has 1 heterocycles. The highest BCUT2D eigenvalue weighted by atomic mass is 35.5. The quantitative estimate of drug-likeness (QED) is 0.636. The first kappa shape index (κ1) is 15.6. The molecule has 0 spiro atoms. The van der Waals surface area contributed by atoms with Gasteiger partial charge >= 0.3 is 12.4 Å². The number of pyridine rings is 1. The maximum Gasteiger partial charge on any atom is 0.434 e. The summed E-state index contributed by atoms with van der Waals surface area (Å²) in [4.78, 5) is 3.13. The van der Waals surface area contributed by atoms with E-state index in [4.69, 9.17) is 11.6 Å². The average Bonchev–Trinajstić information content (AvgIpc) is 2.37. The van der Waals surface area contributed by atoms with Crippen molar-refractivity contribution in [3.63, 3.8) is 0 Å². The second kappa shape index (κ2) is 5.22. The van der Waals surface area contributed by atoms with Crippen LogP contribution in [0.25, 0.3) is 11.1 Å². The summed E-state index contributed by atoms with van der Waals surface area (Å²) in [5.41, 5.74) is -2.53. The topological polar surface area (TPSA) is 12.9 Å². The minimum atomic E-state index is -4.78. The fourth-order valence-electron chi connectivity index (χ4n) is 1.73. The molecular weight excluding hydrogens is 320 g/mol. The lowest BCUT2D eigenvalue weighted by atomic mass is 10.0. The maximum absolute atomic E-state index is 12.7. The van der Waals surface area contributed by atoms with E-state index in [0.29, 0.717) is 0 Å². The smallest absolute Gasteiger partial charge is 0.250 e. The Morgan fingerprint density at radius 2 is 1.57 bits per heavy atom. The minimum Gasteiger partial charge on any atom is -0.250 e. The first-order valence-corrected chi connectivity index (χ1v) is 5.88. The maximum atomic E-state index is 12.7. The molecule has 21 heavy (non-hydrogen) atoms. The third kappa shape index (κ3) is 3.29. The summed E-state index contributed by atoms with van der Waals surface area (Å²) in [6.45, 7) is 0. The van der Waals surface area contributed by atoms with Gasteiger partial charge in [0.15, 0.2) is 5.69 Å². The summed E-state index contributed by atoms with van der Waals surface area (Å²) < 4.78 is 75.9. The van der Waals surface area contributed by atoms with Crippen LogP contribution in [-0.2, 0) is 12.4 Å². The van der Waals surface area contributed by atoms with Crippen LogP contribution in [0.4, 0.5) is 26.3 Å². The molecule has 112 valence electrons. The van der Waals surface area contributed by atoms with Crippen LogP contribution in [0, 0.1) is 0 Å². The summed E-state index contributed by atoms with van der Waals surface area (Å²) in [7, 11) is 0. The zero-order chi connectivity index (χ0) is 15.8. The molecule has 0 saturated heterocycles. The summed E-state index contributed by atoms with van der Waals surface area (Å²) in [6.07, 6.45) is -8.53. The third-order valence-corrected chi connectivity index (χ3v) is 3.04. The summed E-state index contributed by atoms with van der Waals surface area (Å²) in [6, 6.07) is 5.04. The summed E-state index contributed by atoms with van der Waals surface area (Å²) >= 11 is 5.63. The predicted molar refractivity (Wildman–Crippen MR) is 64.7 cm³/mol. The zero-order valence-electron chi connectivity index (χ0n) is 10.1. The molecule has 1 nitrogen and oxygen atoms in total. The van der Waals surface area contributed by atoms with E-state index in [1.807, 2.05) is 0 Å². The van der Waals surface area contributed by atoms with Crippen molar-refractivity contribution in [1.29, 1.82) is 0 Å². The van der Waals surface area contributed by atoms with Gasteiger partial charge in [0, 0.05) is 11.8 Å². The molecule has 0 atom stereocenters. The number of hydrogen-bond acceptors (Lipinski definition) is 1. The molecule has 2 aromatic rings. The number of aromatic nitrogens is 1. The van der Waals surface area contributed by atoms with Gasteiger partial charge in [0.1, 0.15) is 0 Å². The molecule has 0 aliphatic rings. The van der Waals surface area contributed by atoms with Crippen LogP contribution in [-0.4, -0.2) is 4.98 Å². The van der Waals surface area contributed by atoms with Crippen molar-refractivity contribution >= 4 is 11.6 Å². The lowest BCUT2D eigenvalue weighted by Gasteiger charge is -2.13. The van der Waals surface area contributed by atoms with Gasteiger partial charge in [-0.1, -0.05) is 23.7 Å². The van der Waals surface area contributed by atoms with E-state index in [0.717, 1.165) is 30.5 Å². The van der Waals surface area contributed by atoms with Crippen molar-refractivity contribution in [2.45, 2.75) is 12.4 Å². The SMILES string of the molecule is FC(F)(F)c1cccc(-c2ccnc(C(F)(F)F)c2Cl)c1. The van der Waals surface area contributed by atoms with Crippen LogP contribution >= 0.6 is 11.6 Å². The zero-order valence-corrected chi connectivity index (χ0v) is 10.8. The van der Waals surface area contributed by atoms with Crippen LogP contribution in [0.3, 0.4) is 0 Å². The number of benzene rings is 1. The van der Waals surface area contributed by atoms with E-state index in [9.17, 15) is 26.3 Å². The minimum absolute atomic E-state index is 0.0669. The van der Waals surface area contributed by atoms with Crippen LogP contribution in [0.15, 0.2) is 36.5 Å². The van der Waals surface area contributed by atoms with Crippen molar-refractivity contribution < 1.29 is 26.3 Å². The van der Waals surface area contributed by atoms with Gasteiger partial charge in [-0.25, -0.2) is 0 Å². The first-order chi connectivity index (χ1) is 9.60. The molecule has 0 radical (unpaired) electrons. The Kier molecular flexibility index (Phi) is 3.88. The van der Waals surface area contributed by atoms with Gasteiger partial charge in [-0.15, -0.1) is 0 Å². The van der Waals surface area contributed by atoms with E-state index >= 15 is 0 Å². The summed E-state index contributed by atoms with van der Waals surface area (Å²) in [5.74, 6) is 0. The Morgan fingerprint density at radius 3 is 2.14 bits per heavy atom. The number of hydrogen-bond donors (Lipinski definition) is 0. The van der Waals surface area contributed by atoms with Crippen molar-refractivity contribution in [3.8, 4) is 11.1 Å². The van der Waals surface area contributed by atoms with Crippen molar-refractivity contribution in [3.05, 3.63) is 52.8 Å². The van der Waals surface area contributed by atoms with Crippen molar-refractivity contribution in [2.75, 3.05) is 0 Å². The molecule has 0 amide bonds. The molecule has 0 bridgehead atoms. The molecular formula is C13H6ClF6N. The van der Waals surface area contributed by atoms with E-state index in [-0.39, 0.29) is 11.1 Å². The van der Waals surface area contributed by atoms with Gasteiger partial charge in [-0.2, -0.15) is 26.3 Å². The van der Waals surface area contributed by atoms with Gasteiger partial charge in [-0.05, 0) is 23.8 Å². The molecule has 0 N–H and O–H groups in total. The first-order valence-electron chi connectivity index (χ1n) is 5.50. The Hall–Kier alpha value is -1.76. The Morgan fingerprint density at radius 1 is 0.905 bits per heavy atom. The van der Waals surface area contributed by atoms with E-state index in [2.05, 4.69) is 4.98 Å². The average molecular weight is 326 g/mol. The third-order valence-electron chi connectivity index (χ3n) is 2.66. The van der Waals surface area contributed by atoms with E-state index < -0.39 is 28.6 Å². The highest BCUT2D eigenvalue weighted by molar-refractivity contribution is 6.34. The molecule has 0 fully saturated rings. The lowest BCUT2D eigenvalue weighted by Crippen LogP contribution is -2.09. The predicted octanol–water partition coefficient (Wildman–Crippen LogP) is 5.44. The molecule has 8 heteroatoms. The van der Waals surface area contributed by atoms with Crippen LogP contribution in [0.5, 0.6) is 0 Å². The number of nitrogens with zero attached hydrogens (tertiary/aromatic N) is 1. The second-order valence-corrected chi connectivity index (χ2v) is 4.48. The summed E-state index contributed by atoms with van der Waals surface area (Å²) in [5, 5.41) is -0.732. The lowest BCUT2D eigenvalue weighted by molar-refractivity contribution is -0.141. The van der Waals surface area contributed by atoms with Gasteiger partial charge < -0.3 is 0 Å². The van der Waals surface area contributed by atoms with Gasteiger partial charge in [0.25, 0.3) is 0 Å². The highest BCUT2D eigenvalue weighted by Gasteiger charge is 2.36. The van der Waals surface area contributed by atoms with Crippen molar-refractivity contribution in [2.24, 2.45) is 0 Å². The standard InChI is InChI=1S/C13H6ClF6N/c14-10-9(4-5-21-11(10)13(18,19)20)7-2-1-3-8(6-7)12(15,16)17/h1-6H. The molecule has 0 aliphatic heterocycles. The Balaban J connectivity index is 2.58.